The minimum absolute atomic E-state index is 0.615. The fourth-order valence-corrected chi connectivity index (χ4v) is 1.85. The van der Waals surface area contributed by atoms with Gasteiger partial charge in [-0.2, -0.15) is 0 Å². The molecule has 0 fully saturated rings. The van der Waals surface area contributed by atoms with Crippen LogP contribution in [0.1, 0.15) is 5.69 Å². The van der Waals surface area contributed by atoms with E-state index < -0.39 is 0 Å². The van der Waals surface area contributed by atoms with E-state index in [1.54, 1.807) is 13.3 Å². The number of imidazole rings is 1. The van der Waals surface area contributed by atoms with E-state index in [0.717, 1.165) is 28.4 Å². The molecule has 2 N–H and O–H groups in total. The summed E-state index contributed by atoms with van der Waals surface area (Å²) in [6.45, 7) is 0.615. The van der Waals surface area contributed by atoms with Crippen molar-refractivity contribution in [2.24, 2.45) is 0 Å². The van der Waals surface area contributed by atoms with E-state index in [1.807, 2.05) is 36.4 Å². The molecule has 0 amide bonds. The molecule has 0 aliphatic rings. The maximum absolute atomic E-state index is 5.07. The monoisotopic (exact) mass is 254 g/mol. The van der Waals surface area contributed by atoms with Gasteiger partial charge in [-0.15, -0.1) is 0 Å². The van der Waals surface area contributed by atoms with Crippen LogP contribution in [0.4, 0.5) is 5.95 Å². The second kappa shape index (κ2) is 4.97. The third kappa shape index (κ3) is 2.49. The third-order valence-corrected chi connectivity index (χ3v) is 2.86. The number of ether oxygens (including phenoxy) is 1. The predicted molar refractivity (Wildman–Crippen MR) is 74.2 cm³/mol. The summed E-state index contributed by atoms with van der Waals surface area (Å²) in [5.74, 6) is 1.51. The number of para-hydroxylation sites is 2. The fraction of sp³-hybridized carbons (Fsp3) is 0.143. The molecular weight excluding hydrogens is 240 g/mol. The fourth-order valence-electron chi connectivity index (χ4n) is 1.85. The number of nitrogens with one attached hydrogen (secondary N) is 2. The van der Waals surface area contributed by atoms with Gasteiger partial charge in [0.2, 0.25) is 5.95 Å². The normalized spacial score (nSPS) is 10.6. The van der Waals surface area contributed by atoms with Crippen molar-refractivity contribution < 1.29 is 4.74 Å². The van der Waals surface area contributed by atoms with E-state index in [1.165, 1.54) is 0 Å². The lowest BCUT2D eigenvalue weighted by atomic mass is 10.3. The van der Waals surface area contributed by atoms with E-state index in [-0.39, 0.29) is 0 Å². The maximum Gasteiger partial charge on any atom is 0.201 e. The second-order valence-electron chi connectivity index (χ2n) is 4.15. The standard InChI is InChI=1S/C14H14N4O/c1-19-11-7-6-10(15-9-11)8-16-14-17-12-4-2-3-5-13(12)18-14/h2-7,9H,8H2,1H3,(H2,16,17,18). The highest BCUT2D eigenvalue weighted by Gasteiger charge is 2.02. The van der Waals surface area contributed by atoms with Crippen molar-refractivity contribution in [2.75, 3.05) is 12.4 Å². The van der Waals surface area contributed by atoms with Gasteiger partial charge < -0.3 is 15.0 Å². The van der Waals surface area contributed by atoms with Gasteiger partial charge in [0.1, 0.15) is 5.75 Å². The Hall–Kier alpha value is -2.56. The molecule has 2 heterocycles. The molecule has 19 heavy (non-hydrogen) atoms. The lowest BCUT2D eigenvalue weighted by Crippen LogP contribution is -2.02. The van der Waals surface area contributed by atoms with Gasteiger partial charge in [-0.1, -0.05) is 12.1 Å². The Labute approximate surface area is 110 Å². The highest BCUT2D eigenvalue weighted by molar-refractivity contribution is 5.77. The molecule has 1 aromatic carbocycles. The van der Waals surface area contributed by atoms with E-state index in [0.29, 0.717) is 6.54 Å². The number of H-pyrrole nitrogens is 1. The van der Waals surface area contributed by atoms with Gasteiger partial charge in [-0.25, -0.2) is 4.98 Å². The number of methoxy groups -OCH3 is 1. The van der Waals surface area contributed by atoms with Crippen molar-refractivity contribution >= 4 is 17.0 Å². The first kappa shape index (κ1) is 11.5. The molecule has 5 nitrogen and oxygen atoms in total. The summed E-state index contributed by atoms with van der Waals surface area (Å²) in [7, 11) is 1.63. The van der Waals surface area contributed by atoms with Crippen molar-refractivity contribution in [3.63, 3.8) is 0 Å². The molecule has 0 bridgehead atoms. The summed E-state index contributed by atoms with van der Waals surface area (Å²) in [6, 6.07) is 11.7. The highest BCUT2D eigenvalue weighted by atomic mass is 16.5. The van der Waals surface area contributed by atoms with Crippen LogP contribution in [0.2, 0.25) is 0 Å². The number of benzene rings is 1. The lowest BCUT2D eigenvalue weighted by Gasteiger charge is -2.03. The van der Waals surface area contributed by atoms with Crippen molar-refractivity contribution in [1.82, 2.24) is 15.0 Å². The molecule has 0 spiro atoms. The smallest absolute Gasteiger partial charge is 0.201 e. The quantitative estimate of drug-likeness (QED) is 0.751. The van der Waals surface area contributed by atoms with Crippen LogP contribution in [-0.2, 0) is 6.54 Å². The van der Waals surface area contributed by atoms with Crippen LogP contribution in [0.15, 0.2) is 42.6 Å². The Kier molecular flexibility index (Phi) is 3.02. The number of hydrogen-bond acceptors (Lipinski definition) is 4. The summed E-state index contributed by atoms with van der Waals surface area (Å²) in [5, 5.41) is 3.22. The van der Waals surface area contributed by atoms with Gasteiger partial charge in [-0.3, -0.25) is 4.98 Å². The van der Waals surface area contributed by atoms with Gasteiger partial charge in [0.15, 0.2) is 0 Å². The average Bonchev–Trinajstić information content (AvgIpc) is 2.88. The van der Waals surface area contributed by atoms with Crippen LogP contribution in [0.25, 0.3) is 11.0 Å². The Morgan fingerprint density at radius 2 is 2.11 bits per heavy atom. The predicted octanol–water partition coefficient (Wildman–Crippen LogP) is 2.58. The number of fused-ring (bicyclic) bond motifs is 1. The van der Waals surface area contributed by atoms with Crippen LogP contribution in [0, 0.1) is 0 Å². The first-order chi connectivity index (χ1) is 9.35. The van der Waals surface area contributed by atoms with E-state index in [2.05, 4.69) is 20.3 Å². The van der Waals surface area contributed by atoms with Crippen LogP contribution in [0.3, 0.4) is 0 Å². The van der Waals surface area contributed by atoms with E-state index in [9.17, 15) is 0 Å². The minimum atomic E-state index is 0.615. The van der Waals surface area contributed by atoms with Crippen LogP contribution in [-0.4, -0.2) is 22.1 Å². The van der Waals surface area contributed by atoms with Crippen LogP contribution < -0.4 is 10.1 Å². The molecule has 96 valence electrons. The third-order valence-electron chi connectivity index (χ3n) is 2.86. The van der Waals surface area contributed by atoms with Gasteiger partial charge in [0.25, 0.3) is 0 Å². The summed E-state index contributed by atoms with van der Waals surface area (Å²) in [4.78, 5) is 11.9. The number of aromatic nitrogens is 3. The van der Waals surface area contributed by atoms with Crippen LogP contribution in [0.5, 0.6) is 5.75 Å². The summed E-state index contributed by atoms with van der Waals surface area (Å²) in [5.41, 5.74) is 2.90. The molecule has 0 saturated carbocycles. The van der Waals surface area contributed by atoms with E-state index in [4.69, 9.17) is 4.74 Å². The van der Waals surface area contributed by atoms with Crippen molar-refractivity contribution in [1.29, 1.82) is 0 Å². The molecule has 0 radical (unpaired) electrons. The first-order valence-corrected chi connectivity index (χ1v) is 6.03. The topological polar surface area (TPSA) is 62.8 Å². The zero-order chi connectivity index (χ0) is 13.1. The largest absolute Gasteiger partial charge is 0.495 e. The number of nitrogens with zero attached hydrogens (tertiary/aromatic N) is 2. The number of anilines is 1. The zero-order valence-corrected chi connectivity index (χ0v) is 10.6. The van der Waals surface area contributed by atoms with Crippen molar-refractivity contribution in [3.05, 3.63) is 48.3 Å². The van der Waals surface area contributed by atoms with Crippen LogP contribution >= 0.6 is 0 Å². The Bertz CT molecular complexity index is 642. The molecule has 0 aliphatic heterocycles. The number of hydrogen-bond donors (Lipinski definition) is 2. The number of aromatic amines is 1. The first-order valence-electron chi connectivity index (χ1n) is 6.03. The molecule has 0 aliphatic carbocycles. The maximum atomic E-state index is 5.07. The molecule has 3 rings (SSSR count). The van der Waals surface area contributed by atoms with E-state index >= 15 is 0 Å². The minimum Gasteiger partial charge on any atom is -0.495 e. The summed E-state index contributed by atoms with van der Waals surface area (Å²) < 4.78 is 5.07. The summed E-state index contributed by atoms with van der Waals surface area (Å²) in [6.07, 6.45) is 1.70. The van der Waals surface area contributed by atoms with Gasteiger partial charge in [0, 0.05) is 0 Å². The zero-order valence-electron chi connectivity index (χ0n) is 10.6. The second-order valence-corrected chi connectivity index (χ2v) is 4.15. The number of rotatable bonds is 4. The number of pyridine rings is 1. The molecule has 0 saturated heterocycles. The Morgan fingerprint density at radius 3 is 2.84 bits per heavy atom. The molecule has 2 aromatic heterocycles. The SMILES string of the molecule is COc1ccc(CNc2nc3ccccc3[nH]2)nc1. The van der Waals surface area contributed by atoms with Gasteiger partial charge >= 0.3 is 0 Å². The summed E-state index contributed by atoms with van der Waals surface area (Å²) >= 11 is 0. The Morgan fingerprint density at radius 1 is 1.21 bits per heavy atom. The van der Waals surface area contributed by atoms with Gasteiger partial charge in [-0.05, 0) is 24.3 Å². The van der Waals surface area contributed by atoms with Crippen molar-refractivity contribution in [3.8, 4) is 5.75 Å². The molecule has 3 aromatic rings. The molecule has 5 heteroatoms. The highest BCUT2D eigenvalue weighted by Crippen LogP contribution is 2.14. The average molecular weight is 254 g/mol. The molecular formula is C14H14N4O. The van der Waals surface area contributed by atoms with Gasteiger partial charge in [0.05, 0.1) is 36.6 Å². The van der Waals surface area contributed by atoms with Crippen molar-refractivity contribution in [2.45, 2.75) is 6.54 Å². The Balaban J connectivity index is 1.70. The molecule has 0 unspecified atom stereocenters. The molecule has 0 atom stereocenters. The lowest BCUT2D eigenvalue weighted by molar-refractivity contribution is 0.412.